The second-order valence-electron chi connectivity index (χ2n) is 6.04. The average Bonchev–Trinajstić information content (AvgIpc) is 2.98. The third-order valence-electron chi connectivity index (χ3n) is 4.28. The number of thiophene rings is 1. The summed E-state index contributed by atoms with van der Waals surface area (Å²) in [6, 6.07) is 8.01. The number of rotatable bonds is 7. The summed E-state index contributed by atoms with van der Waals surface area (Å²) in [5.41, 5.74) is 7.08. The van der Waals surface area contributed by atoms with Crippen LogP contribution in [-0.4, -0.2) is 22.1 Å². The van der Waals surface area contributed by atoms with Gasteiger partial charge in [-0.1, -0.05) is 19.1 Å². The predicted octanol–water partition coefficient (Wildman–Crippen LogP) is 2.90. The van der Waals surface area contributed by atoms with Gasteiger partial charge in [0.2, 0.25) is 0 Å². The molecule has 3 aromatic rings. The van der Waals surface area contributed by atoms with Crippen molar-refractivity contribution in [2.45, 2.75) is 33.2 Å². The number of ether oxygens (including phenoxy) is 1. The number of aromatic nitrogens is 2. The molecule has 2 heterocycles. The number of nitrogens with zero attached hydrogens (tertiary/aromatic N) is 2. The van der Waals surface area contributed by atoms with Crippen LogP contribution < -0.4 is 16.0 Å². The maximum absolute atomic E-state index is 12.7. The van der Waals surface area contributed by atoms with E-state index in [-0.39, 0.29) is 5.56 Å². The van der Waals surface area contributed by atoms with Crippen LogP contribution in [0.4, 0.5) is 0 Å². The standard InChI is InChI=1S/C19H21N3O3S/c1-3-13-5-7-14(8-6-13)25-10-4-9-22-11-21-18-15(19(22)24)12(2)16(26-18)17(20)23/h5-8,11H,3-4,9-10H2,1-2H3,(H2,20,23). The minimum atomic E-state index is -0.529. The minimum absolute atomic E-state index is 0.149. The number of benzene rings is 1. The molecule has 2 N–H and O–H groups in total. The highest BCUT2D eigenvalue weighted by Gasteiger charge is 2.17. The molecule has 0 saturated heterocycles. The van der Waals surface area contributed by atoms with Crippen LogP contribution in [0.3, 0.4) is 0 Å². The summed E-state index contributed by atoms with van der Waals surface area (Å²) in [7, 11) is 0. The summed E-state index contributed by atoms with van der Waals surface area (Å²) in [6.07, 6.45) is 3.19. The SMILES string of the molecule is CCc1ccc(OCCCn2cnc3sc(C(N)=O)c(C)c3c2=O)cc1. The van der Waals surface area contributed by atoms with Gasteiger partial charge < -0.3 is 10.5 Å². The molecule has 0 spiro atoms. The molecule has 2 aromatic heterocycles. The molecule has 3 rings (SSSR count). The molecule has 0 unspecified atom stereocenters. The smallest absolute Gasteiger partial charge is 0.262 e. The highest BCUT2D eigenvalue weighted by atomic mass is 32.1. The summed E-state index contributed by atoms with van der Waals surface area (Å²) in [6.45, 7) is 4.84. The highest BCUT2D eigenvalue weighted by Crippen LogP contribution is 2.26. The van der Waals surface area contributed by atoms with Crippen LogP contribution in [0, 0.1) is 6.92 Å². The number of hydrogen-bond acceptors (Lipinski definition) is 5. The lowest BCUT2D eigenvalue weighted by atomic mass is 10.2. The average molecular weight is 371 g/mol. The molecule has 1 amide bonds. The molecule has 0 radical (unpaired) electrons. The number of carbonyl (C=O) groups is 1. The van der Waals surface area contributed by atoms with E-state index in [1.807, 2.05) is 24.3 Å². The van der Waals surface area contributed by atoms with Crippen LogP contribution in [0.15, 0.2) is 35.4 Å². The van der Waals surface area contributed by atoms with Crippen molar-refractivity contribution in [1.82, 2.24) is 9.55 Å². The Hall–Kier alpha value is -2.67. The summed E-state index contributed by atoms with van der Waals surface area (Å²) in [4.78, 5) is 29.3. The monoisotopic (exact) mass is 371 g/mol. The van der Waals surface area contributed by atoms with Gasteiger partial charge in [-0.3, -0.25) is 14.2 Å². The van der Waals surface area contributed by atoms with Crippen molar-refractivity contribution in [3.63, 3.8) is 0 Å². The Labute approximate surface area is 155 Å². The van der Waals surface area contributed by atoms with Crippen molar-refractivity contribution >= 4 is 27.5 Å². The van der Waals surface area contributed by atoms with Crippen molar-refractivity contribution in [2.75, 3.05) is 6.61 Å². The molecule has 1 aromatic carbocycles. The fourth-order valence-corrected chi connectivity index (χ4v) is 3.79. The van der Waals surface area contributed by atoms with Crippen LogP contribution in [0.1, 0.15) is 34.1 Å². The molecule has 0 aliphatic rings. The van der Waals surface area contributed by atoms with Gasteiger partial charge in [0, 0.05) is 6.54 Å². The molecular formula is C19H21N3O3S. The zero-order valence-electron chi connectivity index (χ0n) is 14.8. The molecule has 0 bridgehead atoms. The zero-order valence-corrected chi connectivity index (χ0v) is 15.6. The van der Waals surface area contributed by atoms with Gasteiger partial charge in [-0.15, -0.1) is 11.3 Å². The Kier molecular flexibility index (Phi) is 5.37. The first kappa shape index (κ1) is 18.1. The quantitative estimate of drug-likeness (QED) is 0.647. The van der Waals surface area contributed by atoms with E-state index in [1.54, 1.807) is 11.5 Å². The van der Waals surface area contributed by atoms with E-state index < -0.39 is 5.91 Å². The Morgan fingerprint density at radius 3 is 2.69 bits per heavy atom. The van der Waals surface area contributed by atoms with Crippen molar-refractivity contribution in [2.24, 2.45) is 5.73 Å². The molecule has 0 saturated carbocycles. The summed E-state index contributed by atoms with van der Waals surface area (Å²) in [5, 5.41) is 0.474. The minimum Gasteiger partial charge on any atom is -0.494 e. The van der Waals surface area contributed by atoms with Gasteiger partial charge in [-0.2, -0.15) is 0 Å². The summed E-state index contributed by atoms with van der Waals surface area (Å²) < 4.78 is 7.27. The van der Waals surface area contributed by atoms with Gasteiger partial charge in [0.15, 0.2) is 0 Å². The zero-order chi connectivity index (χ0) is 18.7. The molecule has 26 heavy (non-hydrogen) atoms. The van der Waals surface area contributed by atoms with E-state index in [1.165, 1.54) is 11.9 Å². The Morgan fingerprint density at radius 2 is 2.04 bits per heavy atom. The predicted molar refractivity (Wildman–Crippen MR) is 103 cm³/mol. The largest absolute Gasteiger partial charge is 0.494 e. The maximum atomic E-state index is 12.7. The molecule has 0 aliphatic carbocycles. The lowest BCUT2D eigenvalue weighted by molar-refractivity contribution is 0.100. The van der Waals surface area contributed by atoms with Gasteiger partial charge in [0.05, 0.1) is 23.2 Å². The topological polar surface area (TPSA) is 87.2 Å². The van der Waals surface area contributed by atoms with Crippen LogP contribution >= 0.6 is 11.3 Å². The fraction of sp³-hybridized carbons (Fsp3) is 0.316. The van der Waals surface area contributed by atoms with E-state index in [0.29, 0.717) is 40.2 Å². The summed E-state index contributed by atoms with van der Waals surface area (Å²) in [5.74, 6) is 0.293. The lowest BCUT2D eigenvalue weighted by Gasteiger charge is -2.08. The Morgan fingerprint density at radius 1 is 1.31 bits per heavy atom. The fourth-order valence-electron chi connectivity index (χ4n) is 2.80. The van der Waals surface area contributed by atoms with Gasteiger partial charge in [0.25, 0.3) is 11.5 Å². The molecule has 0 aliphatic heterocycles. The molecule has 136 valence electrons. The molecule has 0 fully saturated rings. The van der Waals surface area contributed by atoms with Crippen molar-refractivity contribution in [3.8, 4) is 5.75 Å². The number of carbonyl (C=O) groups excluding carboxylic acids is 1. The number of primary amides is 1. The third-order valence-corrected chi connectivity index (χ3v) is 5.50. The van der Waals surface area contributed by atoms with E-state index in [4.69, 9.17) is 10.5 Å². The van der Waals surface area contributed by atoms with E-state index in [2.05, 4.69) is 11.9 Å². The van der Waals surface area contributed by atoms with E-state index >= 15 is 0 Å². The van der Waals surface area contributed by atoms with E-state index in [0.717, 1.165) is 23.5 Å². The second-order valence-corrected chi connectivity index (χ2v) is 7.04. The first-order valence-corrected chi connectivity index (χ1v) is 9.33. The number of amides is 1. The molecule has 7 heteroatoms. The van der Waals surface area contributed by atoms with Crippen molar-refractivity contribution in [1.29, 1.82) is 0 Å². The van der Waals surface area contributed by atoms with Crippen LogP contribution in [0.5, 0.6) is 5.75 Å². The Balaban J connectivity index is 1.67. The van der Waals surface area contributed by atoms with Gasteiger partial charge >= 0.3 is 0 Å². The van der Waals surface area contributed by atoms with Gasteiger partial charge in [0.1, 0.15) is 10.6 Å². The molecule has 6 nitrogen and oxygen atoms in total. The Bertz CT molecular complexity index is 990. The maximum Gasteiger partial charge on any atom is 0.262 e. The van der Waals surface area contributed by atoms with Crippen molar-refractivity contribution < 1.29 is 9.53 Å². The third kappa shape index (κ3) is 3.62. The van der Waals surface area contributed by atoms with E-state index in [9.17, 15) is 9.59 Å². The second kappa shape index (κ2) is 7.70. The van der Waals surface area contributed by atoms with Crippen LogP contribution in [0.2, 0.25) is 0 Å². The first-order chi connectivity index (χ1) is 12.5. The lowest BCUT2D eigenvalue weighted by Crippen LogP contribution is -2.21. The van der Waals surface area contributed by atoms with Crippen molar-refractivity contribution in [3.05, 3.63) is 57.0 Å². The summed E-state index contributed by atoms with van der Waals surface area (Å²) >= 11 is 1.16. The first-order valence-electron chi connectivity index (χ1n) is 8.51. The van der Waals surface area contributed by atoms with Crippen LogP contribution in [0.25, 0.3) is 10.2 Å². The van der Waals surface area contributed by atoms with Gasteiger partial charge in [-0.25, -0.2) is 4.98 Å². The number of aryl methyl sites for hydroxylation is 3. The van der Waals surface area contributed by atoms with Crippen LogP contribution in [-0.2, 0) is 13.0 Å². The molecule has 0 atom stereocenters. The number of nitrogens with two attached hydrogens (primary N) is 1. The van der Waals surface area contributed by atoms with Gasteiger partial charge in [-0.05, 0) is 43.0 Å². The molecular weight excluding hydrogens is 350 g/mol. The number of hydrogen-bond donors (Lipinski definition) is 1. The normalized spacial score (nSPS) is 11.0. The number of fused-ring (bicyclic) bond motifs is 1. The highest BCUT2D eigenvalue weighted by molar-refractivity contribution is 7.20.